The first kappa shape index (κ1) is 20.8. The Bertz CT molecular complexity index is 948. The normalized spacial score (nSPS) is 13.0. The summed E-state index contributed by atoms with van der Waals surface area (Å²) in [5.41, 5.74) is 0.503. The van der Waals surface area contributed by atoms with Crippen molar-refractivity contribution in [1.82, 2.24) is 10.2 Å². The number of hydrogen-bond donors (Lipinski definition) is 1. The molecular weight excluding hydrogens is 400 g/mol. The van der Waals surface area contributed by atoms with Gasteiger partial charge in [-0.3, -0.25) is 4.79 Å². The highest BCUT2D eigenvalue weighted by atomic mass is 32.2. The van der Waals surface area contributed by atoms with Crippen LogP contribution in [0.5, 0.6) is 5.75 Å². The zero-order valence-corrected chi connectivity index (χ0v) is 16.6. The molecule has 0 radical (unpaired) electrons. The smallest absolute Gasteiger partial charge is 0.277 e. The van der Waals surface area contributed by atoms with Crippen LogP contribution in [0.2, 0.25) is 0 Å². The molecule has 1 amide bonds. The SMILES string of the molecule is CC[C@H](Sc1nnc([C@H](C)Oc2ccc(F)cc2)o1)C(=O)Nc1ccc(F)cc1. The maximum atomic E-state index is 13.0. The summed E-state index contributed by atoms with van der Waals surface area (Å²) in [6, 6.07) is 11.1. The zero-order valence-electron chi connectivity index (χ0n) is 15.8. The van der Waals surface area contributed by atoms with Gasteiger partial charge in [-0.2, -0.15) is 0 Å². The van der Waals surface area contributed by atoms with E-state index in [0.29, 0.717) is 17.9 Å². The van der Waals surface area contributed by atoms with Gasteiger partial charge in [0.1, 0.15) is 17.4 Å². The summed E-state index contributed by atoms with van der Waals surface area (Å²) in [6.07, 6.45) is -0.0211. The molecule has 0 aliphatic carbocycles. The lowest BCUT2D eigenvalue weighted by atomic mass is 10.2. The summed E-state index contributed by atoms with van der Waals surface area (Å²) in [4.78, 5) is 12.5. The number of anilines is 1. The highest BCUT2D eigenvalue weighted by molar-refractivity contribution is 8.00. The molecule has 6 nitrogen and oxygen atoms in total. The molecule has 3 rings (SSSR count). The third kappa shape index (κ3) is 5.77. The maximum Gasteiger partial charge on any atom is 0.277 e. The van der Waals surface area contributed by atoms with Crippen LogP contribution in [0.4, 0.5) is 14.5 Å². The van der Waals surface area contributed by atoms with Crippen LogP contribution in [0, 0.1) is 11.6 Å². The number of rotatable bonds is 8. The number of amides is 1. The number of nitrogens with zero attached hydrogens (tertiary/aromatic N) is 2. The van der Waals surface area contributed by atoms with Gasteiger partial charge in [-0.1, -0.05) is 18.7 Å². The van der Waals surface area contributed by atoms with Gasteiger partial charge < -0.3 is 14.5 Å². The van der Waals surface area contributed by atoms with Crippen LogP contribution in [0.25, 0.3) is 0 Å². The van der Waals surface area contributed by atoms with Gasteiger partial charge in [0.25, 0.3) is 11.1 Å². The lowest BCUT2D eigenvalue weighted by molar-refractivity contribution is -0.115. The van der Waals surface area contributed by atoms with E-state index in [9.17, 15) is 13.6 Å². The zero-order chi connectivity index (χ0) is 20.8. The van der Waals surface area contributed by atoms with E-state index in [2.05, 4.69) is 15.5 Å². The fourth-order valence-corrected chi connectivity index (χ4v) is 3.20. The van der Waals surface area contributed by atoms with Crippen molar-refractivity contribution in [2.24, 2.45) is 0 Å². The van der Waals surface area contributed by atoms with Crippen molar-refractivity contribution < 1.29 is 22.7 Å². The van der Waals surface area contributed by atoms with E-state index in [0.717, 1.165) is 11.8 Å². The summed E-state index contributed by atoms with van der Waals surface area (Å²) in [5, 5.41) is 10.4. The highest BCUT2D eigenvalue weighted by Gasteiger charge is 2.23. The second kappa shape index (κ2) is 9.51. The quantitative estimate of drug-likeness (QED) is 0.518. The molecule has 2 atom stereocenters. The average molecular weight is 419 g/mol. The Morgan fingerprint density at radius 3 is 2.34 bits per heavy atom. The molecule has 9 heteroatoms. The molecule has 0 aliphatic rings. The lowest BCUT2D eigenvalue weighted by Crippen LogP contribution is -2.24. The minimum atomic E-state index is -0.546. The molecule has 152 valence electrons. The molecule has 29 heavy (non-hydrogen) atoms. The van der Waals surface area contributed by atoms with E-state index in [-0.39, 0.29) is 28.7 Å². The van der Waals surface area contributed by atoms with Gasteiger partial charge in [0.15, 0.2) is 6.10 Å². The maximum absolute atomic E-state index is 13.0. The van der Waals surface area contributed by atoms with Crippen molar-refractivity contribution in [3.05, 3.63) is 66.1 Å². The number of hydrogen-bond acceptors (Lipinski definition) is 6. The van der Waals surface area contributed by atoms with Crippen molar-refractivity contribution in [1.29, 1.82) is 0 Å². The van der Waals surface area contributed by atoms with Gasteiger partial charge in [0.05, 0.1) is 5.25 Å². The molecule has 0 unspecified atom stereocenters. The predicted molar refractivity (Wildman–Crippen MR) is 105 cm³/mol. The first-order chi connectivity index (χ1) is 13.9. The number of thioether (sulfide) groups is 1. The molecule has 1 aromatic heterocycles. The summed E-state index contributed by atoms with van der Waals surface area (Å²) in [7, 11) is 0. The molecule has 0 saturated carbocycles. The number of halogens is 2. The minimum absolute atomic E-state index is 0.232. The Morgan fingerprint density at radius 2 is 1.72 bits per heavy atom. The Balaban J connectivity index is 1.60. The molecule has 0 fully saturated rings. The van der Waals surface area contributed by atoms with Crippen molar-refractivity contribution in [3.8, 4) is 5.75 Å². The van der Waals surface area contributed by atoms with Crippen molar-refractivity contribution in [3.63, 3.8) is 0 Å². The Hall–Kier alpha value is -2.94. The number of aromatic nitrogens is 2. The fourth-order valence-electron chi connectivity index (χ4n) is 2.40. The molecule has 2 aromatic carbocycles. The second-order valence-corrected chi connectivity index (χ2v) is 7.29. The number of ether oxygens (including phenoxy) is 1. The van der Waals surface area contributed by atoms with Crippen molar-refractivity contribution >= 4 is 23.4 Å². The molecule has 0 bridgehead atoms. The molecule has 0 spiro atoms. The van der Waals surface area contributed by atoms with Gasteiger partial charge >= 0.3 is 0 Å². The summed E-state index contributed by atoms with van der Waals surface area (Å²) in [5.74, 6) is -0.271. The van der Waals surface area contributed by atoms with Crippen LogP contribution in [0.1, 0.15) is 32.3 Å². The van der Waals surface area contributed by atoms with Crippen molar-refractivity contribution in [2.75, 3.05) is 5.32 Å². The molecule has 3 aromatic rings. The van der Waals surface area contributed by atoms with Crippen LogP contribution in [-0.2, 0) is 4.79 Å². The standard InChI is InChI=1S/C20H19F2N3O3S/c1-3-17(18(26)23-15-8-4-13(21)5-9-15)29-20-25-24-19(28-20)12(2)27-16-10-6-14(22)7-11-16/h4-12,17H,3H2,1-2H3,(H,23,26)/t12-,17-/m0/s1. The topological polar surface area (TPSA) is 77.2 Å². The summed E-state index contributed by atoms with van der Waals surface area (Å²) in [6.45, 7) is 3.59. The number of benzene rings is 2. The van der Waals surface area contributed by atoms with E-state index in [1.165, 1.54) is 48.5 Å². The fraction of sp³-hybridized carbons (Fsp3) is 0.250. The Labute approximate surface area is 170 Å². The third-order valence-electron chi connectivity index (χ3n) is 3.91. The third-order valence-corrected chi connectivity index (χ3v) is 5.11. The van der Waals surface area contributed by atoms with Crippen LogP contribution >= 0.6 is 11.8 Å². The van der Waals surface area contributed by atoms with Gasteiger partial charge in [0, 0.05) is 5.69 Å². The van der Waals surface area contributed by atoms with E-state index in [4.69, 9.17) is 9.15 Å². The van der Waals surface area contributed by atoms with Crippen LogP contribution < -0.4 is 10.1 Å². The van der Waals surface area contributed by atoms with Crippen molar-refractivity contribution in [2.45, 2.75) is 36.8 Å². The van der Waals surface area contributed by atoms with E-state index < -0.39 is 11.4 Å². The molecule has 1 N–H and O–H groups in total. The summed E-state index contributed by atoms with van der Waals surface area (Å²) >= 11 is 1.13. The van der Waals surface area contributed by atoms with E-state index in [1.807, 2.05) is 6.92 Å². The molecule has 0 aliphatic heterocycles. The van der Waals surface area contributed by atoms with Crippen LogP contribution in [-0.4, -0.2) is 21.4 Å². The Kier molecular flexibility index (Phi) is 6.82. The first-order valence-corrected chi connectivity index (χ1v) is 9.81. The first-order valence-electron chi connectivity index (χ1n) is 8.93. The van der Waals surface area contributed by atoms with Gasteiger partial charge in [-0.25, -0.2) is 8.78 Å². The Morgan fingerprint density at radius 1 is 1.10 bits per heavy atom. The van der Waals surface area contributed by atoms with Crippen LogP contribution in [0.3, 0.4) is 0 Å². The number of nitrogens with one attached hydrogen (secondary N) is 1. The van der Waals surface area contributed by atoms with Gasteiger partial charge in [-0.15, -0.1) is 10.2 Å². The number of carbonyl (C=O) groups is 1. The van der Waals surface area contributed by atoms with Gasteiger partial charge in [-0.05, 0) is 61.9 Å². The number of carbonyl (C=O) groups excluding carboxylic acids is 1. The minimum Gasteiger partial charge on any atom is -0.481 e. The average Bonchev–Trinajstić information content (AvgIpc) is 3.18. The predicted octanol–water partition coefficient (Wildman–Crippen LogP) is 5.00. The molecule has 1 heterocycles. The largest absolute Gasteiger partial charge is 0.481 e. The lowest BCUT2D eigenvalue weighted by Gasteiger charge is -2.13. The summed E-state index contributed by atoms with van der Waals surface area (Å²) < 4.78 is 37.2. The monoisotopic (exact) mass is 419 g/mol. The van der Waals surface area contributed by atoms with Gasteiger partial charge in [0.2, 0.25) is 5.91 Å². The molecule has 0 saturated heterocycles. The van der Waals surface area contributed by atoms with E-state index >= 15 is 0 Å². The van der Waals surface area contributed by atoms with E-state index in [1.54, 1.807) is 6.92 Å². The highest BCUT2D eigenvalue weighted by Crippen LogP contribution is 2.28. The van der Waals surface area contributed by atoms with Crippen LogP contribution in [0.15, 0.2) is 58.2 Å². The molecular formula is C20H19F2N3O3S. The second-order valence-electron chi connectivity index (χ2n) is 6.13.